The van der Waals surface area contributed by atoms with Gasteiger partial charge in [0.2, 0.25) is 5.91 Å². The van der Waals surface area contributed by atoms with Gasteiger partial charge < -0.3 is 15.4 Å². The third-order valence-electron chi connectivity index (χ3n) is 3.18. The van der Waals surface area contributed by atoms with E-state index in [2.05, 4.69) is 0 Å². The maximum absolute atomic E-state index is 12.2. The first-order chi connectivity index (χ1) is 9.31. The van der Waals surface area contributed by atoms with E-state index < -0.39 is 18.0 Å². The molecular formula is C14H22N2O4. The van der Waals surface area contributed by atoms with E-state index in [0.717, 1.165) is 12.0 Å². The maximum Gasteiger partial charge on any atom is 0.331 e. The monoisotopic (exact) mass is 282 g/mol. The van der Waals surface area contributed by atoms with Crippen LogP contribution in [0.25, 0.3) is 0 Å². The molecule has 2 atom stereocenters. The molecule has 1 fully saturated rings. The van der Waals surface area contributed by atoms with Crippen molar-refractivity contribution < 1.29 is 19.1 Å². The molecule has 1 aliphatic heterocycles. The summed E-state index contributed by atoms with van der Waals surface area (Å²) in [7, 11) is 0. The Bertz CT molecular complexity index is 427. The van der Waals surface area contributed by atoms with Crippen molar-refractivity contribution >= 4 is 17.8 Å². The van der Waals surface area contributed by atoms with Crippen molar-refractivity contribution in [3.63, 3.8) is 0 Å². The molecule has 1 aliphatic rings. The zero-order chi connectivity index (χ0) is 15.3. The van der Waals surface area contributed by atoms with Crippen molar-refractivity contribution in [1.82, 2.24) is 4.90 Å². The zero-order valence-electron chi connectivity index (χ0n) is 12.2. The van der Waals surface area contributed by atoms with Crippen molar-refractivity contribution in [3.05, 3.63) is 11.6 Å². The number of ether oxygens (including phenoxy) is 1. The third-order valence-corrected chi connectivity index (χ3v) is 3.18. The molecule has 1 rings (SSSR count). The summed E-state index contributed by atoms with van der Waals surface area (Å²) >= 11 is 0. The predicted molar refractivity (Wildman–Crippen MR) is 73.5 cm³/mol. The largest absolute Gasteiger partial charge is 0.449 e. The standard InChI is InChI=1S/C14H22N2O4/c1-9(2)7-12(17)20-10(3)14(19)16-6-4-5-11(8-16)13(15)18/h7,10-11H,4-6,8H2,1-3H3,(H2,15,18)/t10-,11+/m0/s1. The lowest BCUT2D eigenvalue weighted by Gasteiger charge is -2.32. The second-order valence-corrected chi connectivity index (χ2v) is 5.33. The quantitative estimate of drug-likeness (QED) is 0.604. The Kier molecular flexibility index (Phi) is 5.73. The van der Waals surface area contributed by atoms with Gasteiger partial charge in [0.15, 0.2) is 6.10 Å². The van der Waals surface area contributed by atoms with Gasteiger partial charge >= 0.3 is 5.97 Å². The Hall–Kier alpha value is -1.85. The van der Waals surface area contributed by atoms with Gasteiger partial charge in [0.05, 0.1) is 5.92 Å². The first kappa shape index (κ1) is 16.2. The van der Waals surface area contributed by atoms with Crippen LogP contribution >= 0.6 is 0 Å². The Labute approximate surface area is 118 Å². The lowest BCUT2D eigenvalue weighted by atomic mass is 9.97. The number of carbonyl (C=O) groups excluding carboxylic acids is 3. The van der Waals surface area contributed by atoms with Crippen LogP contribution in [0.4, 0.5) is 0 Å². The fraction of sp³-hybridized carbons (Fsp3) is 0.643. The highest BCUT2D eigenvalue weighted by Gasteiger charge is 2.30. The smallest absolute Gasteiger partial charge is 0.331 e. The summed E-state index contributed by atoms with van der Waals surface area (Å²) in [4.78, 5) is 36.4. The van der Waals surface area contributed by atoms with Gasteiger partial charge in [-0.05, 0) is 33.6 Å². The van der Waals surface area contributed by atoms with Crippen LogP contribution in [0.3, 0.4) is 0 Å². The number of carbonyl (C=O) groups is 3. The van der Waals surface area contributed by atoms with E-state index in [0.29, 0.717) is 19.5 Å². The van der Waals surface area contributed by atoms with Crippen LogP contribution in [-0.4, -0.2) is 41.9 Å². The molecule has 6 heteroatoms. The van der Waals surface area contributed by atoms with Crippen LogP contribution < -0.4 is 5.73 Å². The normalized spacial score (nSPS) is 19.9. The van der Waals surface area contributed by atoms with Gasteiger partial charge in [0.25, 0.3) is 5.91 Å². The van der Waals surface area contributed by atoms with E-state index in [1.807, 2.05) is 0 Å². The lowest BCUT2D eigenvalue weighted by molar-refractivity contribution is -0.156. The van der Waals surface area contributed by atoms with Gasteiger partial charge in [-0.2, -0.15) is 0 Å². The average Bonchev–Trinajstić information content (AvgIpc) is 2.36. The molecule has 20 heavy (non-hydrogen) atoms. The van der Waals surface area contributed by atoms with Crippen molar-refractivity contribution in [1.29, 1.82) is 0 Å². The molecule has 112 valence electrons. The maximum atomic E-state index is 12.2. The molecule has 0 aliphatic carbocycles. The molecule has 0 saturated carbocycles. The first-order valence-electron chi connectivity index (χ1n) is 6.75. The number of esters is 1. The number of piperidine rings is 1. The van der Waals surface area contributed by atoms with Crippen LogP contribution in [0.15, 0.2) is 11.6 Å². The molecule has 0 unspecified atom stereocenters. The Morgan fingerprint density at radius 3 is 2.55 bits per heavy atom. The summed E-state index contributed by atoms with van der Waals surface area (Å²) < 4.78 is 5.05. The minimum absolute atomic E-state index is 0.286. The fourth-order valence-corrected chi connectivity index (χ4v) is 2.16. The minimum atomic E-state index is -0.857. The summed E-state index contributed by atoms with van der Waals surface area (Å²) in [6, 6.07) is 0. The van der Waals surface area contributed by atoms with Gasteiger partial charge in [-0.15, -0.1) is 0 Å². The van der Waals surface area contributed by atoms with E-state index >= 15 is 0 Å². The van der Waals surface area contributed by atoms with E-state index in [9.17, 15) is 14.4 Å². The van der Waals surface area contributed by atoms with Gasteiger partial charge in [0.1, 0.15) is 0 Å². The van der Waals surface area contributed by atoms with Crippen molar-refractivity contribution in [3.8, 4) is 0 Å². The number of nitrogens with zero attached hydrogens (tertiary/aromatic N) is 1. The predicted octanol–water partition coefficient (Wildman–Crippen LogP) is 0.608. The number of amides is 2. The van der Waals surface area contributed by atoms with E-state index in [-0.39, 0.29) is 11.8 Å². The Morgan fingerprint density at radius 1 is 1.35 bits per heavy atom. The van der Waals surface area contributed by atoms with E-state index in [4.69, 9.17) is 10.5 Å². The van der Waals surface area contributed by atoms with E-state index in [1.165, 1.54) is 13.0 Å². The third kappa shape index (κ3) is 4.68. The van der Waals surface area contributed by atoms with Crippen molar-refractivity contribution in [2.75, 3.05) is 13.1 Å². The van der Waals surface area contributed by atoms with Crippen molar-refractivity contribution in [2.45, 2.75) is 39.7 Å². The van der Waals surface area contributed by atoms with E-state index in [1.54, 1.807) is 18.7 Å². The van der Waals surface area contributed by atoms with Gasteiger partial charge in [-0.3, -0.25) is 9.59 Å². The SMILES string of the molecule is CC(C)=CC(=O)O[C@@H](C)C(=O)N1CCC[C@@H](C(N)=O)C1. The number of hydrogen-bond acceptors (Lipinski definition) is 4. The molecule has 2 amide bonds. The Morgan fingerprint density at radius 2 is 2.00 bits per heavy atom. The molecule has 0 spiro atoms. The average molecular weight is 282 g/mol. The summed E-state index contributed by atoms with van der Waals surface area (Å²) in [5.74, 6) is -1.52. The highest BCUT2D eigenvalue weighted by atomic mass is 16.5. The molecule has 0 aromatic heterocycles. The van der Waals surface area contributed by atoms with Crippen molar-refractivity contribution in [2.24, 2.45) is 11.7 Å². The Balaban J connectivity index is 2.58. The molecule has 0 aromatic carbocycles. The summed E-state index contributed by atoms with van der Waals surface area (Å²) in [5, 5.41) is 0. The molecule has 0 radical (unpaired) electrons. The minimum Gasteiger partial charge on any atom is -0.449 e. The van der Waals surface area contributed by atoms with Gasteiger partial charge in [-0.25, -0.2) is 4.79 Å². The van der Waals surface area contributed by atoms with Crippen LogP contribution in [0, 0.1) is 5.92 Å². The number of rotatable bonds is 4. The molecular weight excluding hydrogens is 260 g/mol. The highest BCUT2D eigenvalue weighted by molar-refractivity contribution is 5.88. The molecule has 0 aromatic rings. The molecule has 6 nitrogen and oxygen atoms in total. The second-order valence-electron chi connectivity index (χ2n) is 5.33. The molecule has 1 heterocycles. The lowest BCUT2D eigenvalue weighted by Crippen LogP contribution is -2.47. The number of primary amides is 1. The van der Waals surface area contributed by atoms with Crippen LogP contribution in [0.5, 0.6) is 0 Å². The number of hydrogen-bond donors (Lipinski definition) is 1. The number of likely N-dealkylation sites (tertiary alicyclic amines) is 1. The molecule has 1 saturated heterocycles. The topological polar surface area (TPSA) is 89.7 Å². The fourth-order valence-electron chi connectivity index (χ4n) is 2.16. The van der Waals surface area contributed by atoms with Crippen LogP contribution in [-0.2, 0) is 19.1 Å². The molecule has 2 N–H and O–H groups in total. The molecule has 0 bridgehead atoms. The van der Waals surface area contributed by atoms with Crippen LogP contribution in [0.1, 0.15) is 33.6 Å². The number of nitrogens with two attached hydrogens (primary N) is 1. The second kappa shape index (κ2) is 7.07. The van der Waals surface area contributed by atoms with Gasteiger partial charge in [-0.1, -0.05) is 5.57 Å². The summed E-state index contributed by atoms with van der Waals surface area (Å²) in [6.07, 6.45) is 1.91. The highest BCUT2D eigenvalue weighted by Crippen LogP contribution is 2.17. The summed E-state index contributed by atoms with van der Waals surface area (Å²) in [6.45, 7) is 5.95. The van der Waals surface area contributed by atoms with Gasteiger partial charge in [0, 0.05) is 19.2 Å². The first-order valence-corrected chi connectivity index (χ1v) is 6.75. The van der Waals surface area contributed by atoms with Crippen LogP contribution in [0.2, 0.25) is 0 Å². The summed E-state index contributed by atoms with van der Waals surface area (Å²) in [5.41, 5.74) is 6.08. The number of allylic oxidation sites excluding steroid dienone is 1. The zero-order valence-corrected chi connectivity index (χ0v) is 12.2.